The van der Waals surface area contributed by atoms with Crippen LogP contribution < -0.4 is 5.32 Å². The summed E-state index contributed by atoms with van der Waals surface area (Å²) < 4.78 is 0. The summed E-state index contributed by atoms with van der Waals surface area (Å²) in [6.45, 7) is 0. The molecule has 4 saturated carbocycles. The molecule has 2 aromatic rings. The molecule has 2 aromatic heterocycles. The first-order valence-corrected chi connectivity index (χ1v) is 8.78. The molecule has 2 N–H and O–H groups in total. The Morgan fingerprint density at radius 3 is 2.76 bits per heavy atom. The molecule has 1 amide bonds. The molecule has 8 nitrogen and oxygen atoms in total. The van der Waals surface area contributed by atoms with Crippen molar-refractivity contribution in [2.75, 3.05) is 0 Å². The van der Waals surface area contributed by atoms with Crippen LogP contribution in [0.1, 0.15) is 49.0 Å². The maximum Gasteiger partial charge on any atom is 0.274 e. The SMILES string of the molecule is O=C(NC12CC3CC(C1)CC(n1ncnn1)(C3)C2)c1ncccc1O. The van der Waals surface area contributed by atoms with Gasteiger partial charge in [-0.3, -0.25) is 4.79 Å². The lowest BCUT2D eigenvalue weighted by Gasteiger charge is -2.61. The van der Waals surface area contributed by atoms with E-state index in [0.717, 1.165) is 32.1 Å². The molecule has 8 heteroatoms. The van der Waals surface area contributed by atoms with Crippen LogP contribution >= 0.6 is 0 Å². The van der Waals surface area contributed by atoms with Crippen LogP contribution in [0.3, 0.4) is 0 Å². The Labute approximate surface area is 144 Å². The Bertz CT molecular complexity index is 806. The van der Waals surface area contributed by atoms with Crippen molar-refractivity contribution in [3.05, 3.63) is 30.4 Å². The van der Waals surface area contributed by atoms with E-state index < -0.39 is 0 Å². The van der Waals surface area contributed by atoms with Crippen molar-refractivity contribution in [1.82, 2.24) is 30.5 Å². The predicted molar refractivity (Wildman–Crippen MR) is 86.6 cm³/mol. The predicted octanol–water partition coefficient (Wildman–Crippen LogP) is 1.25. The number of hydrogen-bond acceptors (Lipinski definition) is 6. The molecule has 6 rings (SSSR count). The van der Waals surface area contributed by atoms with Crippen molar-refractivity contribution >= 4 is 5.91 Å². The van der Waals surface area contributed by atoms with Crippen LogP contribution in [0.25, 0.3) is 0 Å². The maximum absolute atomic E-state index is 12.8. The third-order valence-corrected chi connectivity index (χ3v) is 6.18. The summed E-state index contributed by atoms with van der Waals surface area (Å²) in [5, 5.41) is 25.5. The molecule has 0 saturated heterocycles. The second-order valence-electron chi connectivity index (χ2n) is 8.02. The van der Waals surface area contributed by atoms with Gasteiger partial charge in [-0.25, -0.2) is 4.98 Å². The van der Waals surface area contributed by atoms with E-state index in [1.165, 1.54) is 25.0 Å². The van der Waals surface area contributed by atoms with Gasteiger partial charge in [0.2, 0.25) is 0 Å². The smallest absolute Gasteiger partial charge is 0.274 e. The van der Waals surface area contributed by atoms with Crippen molar-refractivity contribution in [3.63, 3.8) is 0 Å². The van der Waals surface area contributed by atoms with E-state index >= 15 is 0 Å². The van der Waals surface area contributed by atoms with Crippen LogP contribution in [-0.4, -0.2) is 41.7 Å². The van der Waals surface area contributed by atoms with Crippen LogP contribution in [0.4, 0.5) is 0 Å². The number of hydrogen-bond donors (Lipinski definition) is 2. The second kappa shape index (κ2) is 5.00. The Morgan fingerprint density at radius 1 is 1.28 bits per heavy atom. The van der Waals surface area contributed by atoms with Gasteiger partial charge in [0.25, 0.3) is 5.91 Å². The Kier molecular flexibility index (Phi) is 2.96. The van der Waals surface area contributed by atoms with E-state index in [-0.39, 0.29) is 28.4 Å². The number of aromatic nitrogens is 5. The zero-order valence-electron chi connectivity index (χ0n) is 13.8. The number of amides is 1. The van der Waals surface area contributed by atoms with Gasteiger partial charge in [-0.05, 0) is 67.7 Å². The van der Waals surface area contributed by atoms with Gasteiger partial charge in [0.05, 0.1) is 5.54 Å². The zero-order chi connectivity index (χ0) is 17.1. The molecule has 2 unspecified atom stereocenters. The molecule has 0 radical (unpaired) electrons. The first kappa shape index (κ1) is 14.8. The first-order valence-electron chi connectivity index (χ1n) is 8.78. The number of nitrogens with zero attached hydrogens (tertiary/aromatic N) is 5. The summed E-state index contributed by atoms with van der Waals surface area (Å²) >= 11 is 0. The van der Waals surface area contributed by atoms with E-state index in [0.29, 0.717) is 11.8 Å². The summed E-state index contributed by atoms with van der Waals surface area (Å²) in [6.07, 6.45) is 9.06. The highest BCUT2D eigenvalue weighted by atomic mass is 16.3. The van der Waals surface area contributed by atoms with Crippen molar-refractivity contribution in [2.24, 2.45) is 11.8 Å². The van der Waals surface area contributed by atoms with Crippen molar-refractivity contribution in [2.45, 2.75) is 49.6 Å². The summed E-state index contributed by atoms with van der Waals surface area (Å²) in [5.74, 6) is 0.730. The lowest BCUT2D eigenvalue weighted by Crippen LogP contribution is -2.66. The highest BCUT2D eigenvalue weighted by Crippen LogP contribution is 2.60. The van der Waals surface area contributed by atoms with Gasteiger partial charge in [-0.15, -0.1) is 10.2 Å². The van der Waals surface area contributed by atoms with Crippen LogP contribution in [0, 0.1) is 11.8 Å². The fourth-order valence-corrected chi connectivity index (χ4v) is 5.85. The highest BCUT2D eigenvalue weighted by Gasteiger charge is 2.60. The van der Waals surface area contributed by atoms with Crippen LogP contribution in [-0.2, 0) is 5.54 Å². The molecule has 4 aliphatic rings. The molecular formula is C17H20N6O2. The molecule has 4 bridgehead atoms. The van der Waals surface area contributed by atoms with Gasteiger partial charge in [-0.2, -0.15) is 4.80 Å². The molecule has 4 fully saturated rings. The molecule has 4 aliphatic carbocycles. The molecule has 0 spiro atoms. The summed E-state index contributed by atoms with van der Waals surface area (Å²) in [7, 11) is 0. The van der Waals surface area contributed by atoms with Gasteiger partial charge in [0, 0.05) is 11.7 Å². The highest BCUT2D eigenvalue weighted by molar-refractivity contribution is 5.95. The van der Waals surface area contributed by atoms with Crippen LogP contribution in [0.15, 0.2) is 24.7 Å². The summed E-state index contributed by atoms with van der Waals surface area (Å²) in [6, 6.07) is 3.10. The third kappa shape index (κ3) is 2.23. The van der Waals surface area contributed by atoms with Crippen molar-refractivity contribution < 1.29 is 9.90 Å². The summed E-state index contributed by atoms with van der Waals surface area (Å²) in [4.78, 5) is 18.6. The largest absolute Gasteiger partial charge is 0.505 e. The van der Waals surface area contributed by atoms with Crippen molar-refractivity contribution in [1.29, 1.82) is 0 Å². The molecule has 0 aromatic carbocycles. The van der Waals surface area contributed by atoms with E-state index in [1.54, 1.807) is 10.9 Å². The van der Waals surface area contributed by atoms with Crippen LogP contribution in [0.2, 0.25) is 0 Å². The first-order chi connectivity index (χ1) is 12.1. The number of pyridine rings is 1. The van der Waals surface area contributed by atoms with Crippen molar-refractivity contribution in [3.8, 4) is 5.75 Å². The van der Waals surface area contributed by atoms with Gasteiger partial charge < -0.3 is 10.4 Å². The van der Waals surface area contributed by atoms with E-state index in [9.17, 15) is 9.90 Å². The molecule has 130 valence electrons. The number of tetrazole rings is 1. The molecule has 2 atom stereocenters. The molecular weight excluding hydrogens is 320 g/mol. The normalized spacial score (nSPS) is 35.7. The Morgan fingerprint density at radius 2 is 2.08 bits per heavy atom. The number of rotatable bonds is 3. The number of nitrogens with one attached hydrogen (secondary N) is 1. The lowest BCUT2D eigenvalue weighted by atomic mass is 9.50. The Balaban J connectivity index is 1.47. The number of carbonyl (C=O) groups is 1. The lowest BCUT2D eigenvalue weighted by molar-refractivity contribution is -0.0811. The number of carbonyl (C=O) groups excluding carboxylic acids is 1. The zero-order valence-corrected chi connectivity index (χ0v) is 13.8. The quantitative estimate of drug-likeness (QED) is 0.871. The van der Waals surface area contributed by atoms with Gasteiger partial charge in [-0.1, -0.05) is 0 Å². The average molecular weight is 340 g/mol. The number of aromatic hydroxyl groups is 1. The second-order valence-corrected chi connectivity index (χ2v) is 8.02. The van der Waals surface area contributed by atoms with Crippen LogP contribution in [0.5, 0.6) is 5.75 Å². The molecule has 25 heavy (non-hydrogen) atoms. The van der Waals surface area contributed by atoms with E-state index in [4.69, 9.17) is 0 Å². The third-order valence-electron chi connectivity index (χ3n) is 6.18. The summed E-state index contributed by atoms with van der Waals surface area (Å²) in [5.41, 5.74) is -0.343. The van der Waals surface area contributed by atoms with Gasteiger partial charge in [0.15, 0.2) is 12.0 Å². The Hall–Kier alpha value is -2.51. The monoisotopic (exact) mass is 340 g/mol. The fourth-order valence-electron chi connectivity index (χ4n) is 5.85. The fraction of sp³-hybridized carbons (Fsp3) is 0.588. The average Bonchev–Trinajstić information content (AvgIpc) is 3.08. The minimum atomic E-state index is -0.304. The minimum absolute atomic E-state index is 0.0858. The standard InChI is InChI=1S/C17H20N6O2/c24-13-2-1-3-18-14(13)15(25)21-16-5-11-4-12(6-16)8-17(7-11,9-16)23-20-10-19-22-23/h1-3,10-12,24H,4-9H2,(H,21,25). The van der Waals surface area contributed by atoms with Gasteiger partial charge >= 0.3 is 0 Å². The molecule has 0 aliphatic heterocycles. The van der Waals surface area contributed by atoms with Gasteiger partial charge in [0.1, 0.15) is 5.75 Å². The van der Waals surface area contributed by atoms with E-state index in [2.05, 4.69) is 25.7 Å². The topological polar surface area (TPSA) is 106 Å². The van der Waals surface area contributed by atoms with E-state index in [1.807, 2.05) is 0 Å². The maximum atomic E-state index is 12.8. The molecule has 2 heterocycles. The minimum Gasteiger partial charge on any atom is -0.505 e.